The number of nitrogens with one attached hydrogen (secondary N) is 2. The van der Waals surface area contributed by atoms with Gasteiger partial charge in [-0.3, -0.25) is 9.52 Å². The molecule has 0 atom stereocenters. The number of anilines is 1. The summed E-state index contributed by atoms with van der Waals surface area (Å²) in [6, 6.07) is 3.11. The zero-order chi connectivity index (χ0) is 18.6. The van der Waals surface area contributed by atoms with Crippen LogP contribution in [0.5, 0.6) is 0 Å². The van der Waals surface area contributed by atoms with Crippen LogP contribution < -0.4 is 15.8 Å². The van der Waals surface area contributed by atoms with E-state index < -0.39 is 38.3 Å². The number of aromatic carboxylic acids is 1. The molecule has 0 aliphatic carbocycles. The quantitative estimate of drug-likeness (QED) is 0.534. The van der Waals surface area contributed by atoms with Gasteiger partial charge in [0.05, 0.1) is 17.0 Å². The number of hydrogen-bond acceptors (Lipinski definition) is 7. The summed E-state index contributed by atoms with van der Waals surface area (Å²) in [6.07, 6.45) is 0. The smallest absolute Gasteiger partial charge is 0.357 e. The molecule has 2 aromatic rings. The van der Waals surface area contributed by atoms with E-state index in [2.05, 4.69) is 15.0 Å². The minimum absolute atomic E-state index is 0.0739. The second-order valence-electron chi connectivity index (χ2n) is 4.67. The van der Waals surface area contributed by atoms with Crippen LogP contribution in [0.25, 0.3) is 0 Å². The van der Waals surface area contributed by atoms with Gasteiger partial charge in [0.2, 0.25) is 5.91 Å². The van der Waals surface area contributed by atoms with Crippen LogP contribution in [0, 0.1) is 5.82 Å². The molecule has 0 spiro atoms. The Morgan fingerprint density at radius 2 is 2.08 bits per heavy atom. The SMILES string of the molecule is NCC(=O)NCc1ccc(S(=O)(=O)Nc2scnc2C(=O)O)cc1F. The molecule has 1 aromatic heterocycles. The number of thiazole rings is 1. The fourth-order valence-corrected chi connectivity index (χ4v) is 3.76. The first-order valence-electron chi connectivity index (χ1n) is 6.69. The van der Waals surface area contributed by atoms with Crippen LogP contribution in [0.15, 0.2) is 28.6 Å². The second kappa shape index (κ2) is 7.55. The van der Waals surface area contributed by atoms with E-state index in [1.54, 1.807) is 0 Å². The van der Waals surface area contributed by atoms with E-state index in [0.717, 1.165) is 23.5 Å². The summed E-state index contributed by atoms with van der Waals surface area (Å²) in [7, 11) is -4.20. The van der Waals surface area contributed by atoms with Crippen molar-refractivity contribution in [3.05, 3.63) is 40.8 Å². The minimum atomic E-state index is -4.20. The maximum atomic E-state index is 14.0. The van der Waals surface area contributed by atoms with Crippen LogP contribution >= 0.6 is 11.3 Å². The van der Waals surface area contributed by atoms with Crippen molar-refractivity contribution in [1.29, 1.82) is 0 Å². The lowest BCUT2D eigenvalue weighted by Gasteiger charge is -2.09. The molecule has 0 saturated heterocycles. The molecule has 1 heterocycles. The molecule has 12 heteroatoms. The van der Waals surface area contributed by atoms with Crippen molar-refractivity contribution in [2.75, 3.05) is 11.3 Å². The van der Waals surface area contributed by atoms with Gasteiger partial charge in [-0.1, -0.05) is 6.07 Å². The molecule has 0 aliphatic rings. The number of sulfonamides is 1. The first-order valence-corrected chi connectivity index (χ1v) is 9.05. The van der Waals surface area contributed by atoms with E-state index >= 15 is 0 Å². The summed E-state index contributed by atoms with van der Waals surface area (Å²) in [4.78, 5) is 25.2. The van der Waals surface area contributed by atoms with Crippen LogP contribution in [0.1, 0.15) is 16.1 Å². The Bertz CT molecular complexity index is 913. The van der Waals surface area contributed by atoms with Crippen molar-refractivity contribution in [2.45, 2.75) is 11.4 Å². The molecule has 1 amide bonds. The average Bonchev–Trinajstić information content (AvgIpc) is 3.00. The molecular weight excluding hydrogens is 375 g/mol. The number of amides is 1. The van der Waals surface area contributed by atoms with Crippen LogP contribution in [0.2, 0.25) is 0 Å². The van der Waals surface area contributed by atoms with Crippen LogP contribution in [0.4, 0.5) is 9.39 Å². The molecule has 25 heavy (non-hydrogen) atoms. The number of carboxylic acid groups (broad SMARTS) is 1. The fourth-order valence-electron chi connectivity index (χ4n) is 1.76. The van der Waals surface area contributed by atoms with Gasteiger partial charge in [0.25, 0.3) is 10.0 Å². The molecule has 0 bridgehead atoms. The van der Waals surface area contributed by atoms with Gasteiger partial charge in [-0.15, -0.1) is 11.3 Å². The van der Waals surface area contributed by atoms with Crippen molar-refractivity contribution < 1.29 is 27.5 Å². The van der Waals surface area contributed by atoms with Gasteiger partial charge < -0.3 is 16.2 Å². The average molecular weight is 388 g/mol. The predicted octanol–water partition coefficient (Wildman–Crippen LogP) is 0.356. The normalized spacial score (nSPS) is 11.1. The zero-order valence-electron chi connectivity index (χ0n) is 12.5. The molecule has 0 fully saturated rings. The molecule has 0 radical (unpaired) electrons. The van der Waals surface area contributed by atoms with Gasteiger partial charge in [0.15, 0.2) is 5.69 Å². The second-order valence-corrected chi connectivity index (χ2v) is 7.21. The summed E-state index contributed by atoms with van der Waals surface area (Å²) < 4.78 is 40.7. The number of nitrogens with zero attached hydrogens (tertiary/aromatic N) is 1. The number of carbonyl (C=O) groups excluding carboxylic acids is 1. The number of benzene rings is 1. The molecule has 0 saturated carbocycles. The fraction of sp³-hybridized carbons (Fsp3) is 0.154. The molecule has 0 aliphatic heterocycles. The number of carboxylic acids is 1. The monoisotopic (exact) mass is 388 g/mol. The van der Waals surface area contributed by atoms with Gasteiger partial charge in [-0.2, -0.15) is 0 Å². The zero-order valence-corrected chi connectivity index (χ0v) is 14.2. The molecule has 0 unspecified atom stereocenters. The Labute approximate surface area is 145 Å². The third-order valence-corrected chi connectivity index (χ3v) is 5.21. The number of halogens is 1. The Morgan fingerprint density at radius 3 is 2.68 bits per heavy atom. The lowest BCUT2D eigenvalue weighted by Crippen LogP contribution is -2.30. The number of aromatic nitrogens is 1. The summed E-state index contributed by atoms with van der Waals surface area (Å²) in [6.45, 7) is -0.396. The number of carbonyl (C=O) groups is 2. The maximum Gasteiger partial charge on any atom is 0.357 e. The Morgan fingerprint density at radius 1 is 1.36 bits per heavy atom. The van der Waals surface area contributed by atoms with Crippen molar-refractivity contribution >= 4 is 38.2 Å². The van der Waals surface area contributed by atoms with Gasteiger partial charge >= 0.3 is 5.97 Å². The van der Waals surface area contributed by atoms with Gasteiger partial charge in [-0.05, 0) is 12.1 Å². The summed E-state index contributed by atoms with van der Waals surface area (Å²) in [5, 5.41) is 11.1. The highest BCUT2D eigenvalue weighted by molar-refractivity contribution is 7.93. The maximum absolute atomic E-state index is 14.0. The Balaban J connectivity index is 2.22. The van der Waals surface area contributed by atoms with Gasteiger partial charge in [0, 0.05) is 12.1 Å². The lowest BCUT2D eigenvalue weighted by atomic mass is 10.2. The highest BCUT2D eigenvalue weighted by Gasteiger charge is 2.22. The summed E-state index contributed by atoms with van der Waals surface area (Å²) in [5.41, 5.74) is 5.91. The number of nitrogens with two attached hydrogens (primary N) is 1. The topological polar surface area (TPSA) is 151 Å². The van der Waals surface area contributed by atoms with Crippen LogP contribution in [-0.4, -0.2) is 36.9 Å². The number of rotatable bonds is 7. The van der Waals surface area contributed by atoms with E-state index in [9.17, 15) is 22.4 Å². The van der Waals surface area contributed by atoms with Crippen molar-refractivity contribution in [2.24, 2.45) is 5.73 Å². The van der Waals surface area contributed by atoms with E-state index in [1.807, 2.05) is 0 Å². The molecule has 9 nitrogen and oxygen atoms in total. The van der Waals surface area contributed by atoms with Gasteiger partial charge in [-0.25, -0.2) is 22.6 Å². The van der Waals surface area contributed by atoms with Crippen LogP contribution in [0.3, 0.4) is 0 Å². The predicted molar refractivity (Wildman–Crippen MR) is 87.2 cm³/mol. The first kappa shape index (κ1) is 18.8. The van der Waals surface area contributed by atoms with Crippen molar-refractivity contribution in [3.63, 3.8) is 0 Å². The molecule has 2 rings (SSSR count). The highest BCUT2D eigenvalue weighted by atomic mass is 32.2. The highest BCUT2D eigenvalue weighted by Crippen LogP contribution is 2.24. The van der Waals surface area contributed by atoms with E-state index in [4.69, 9.17) is 10.8 Å². The Hall–Kier alpha value is -2.57. The molecule has 5 N–H and O–H groups in total. The molecule has 134 valence electrons. The summed E-state index contributed by atoms with van der Waals surface area (Å²) in [5.74, 6) is -2.72. The summed E-state index contributed by atoms with van der Waals surface area (Å²) >= 11 is 0.785. The van der Waals surface area contributed by atoms with Crippen molar-refractivity contribution in [3.8, 4) is 0 Å². The largest absolute Gasteiger partial charge is 0.476 e. The van der Waals surface area contributed by atoms with E-state index in [-0.39, 0.29) is 23.7 Å². The van der Waals surface area contributed by atoms with Crippen LogP contribution in [-0.2, 0) is 21.4 Å². The Kier molecular flexibility index (Phi) is 5.66. The van der Waals surface area contributed by atoms with Crippen molar-refractivity contribution in [1.82, 2.24) is 10.3 Å². The third-order valence-electron chi connectivity index (χ3n) is 2.99. The van der Waals surface area contributed by atoms with Gasteiger partial charge in [0.1, 0.15) is 10.8 Å². The standard InChI is InChI=1S/C13H13FN4O5S2/c14-9-3-8(2-1-7(9)5-16-10(19)4-15)25(22,23)18-12-11(13(20)21)17-6-24-12/h1-3,6,18H,4-5,15H2,(H,16,19)(H,20,21). The van der Waals surface area contributed by atoms with E-state index in [0.29, 0.717) is 0 Å². The van der Waals surface area contributed by atoms with E-state index in [1.165, 1.54) is 11.6 Å². The lowest BCUT2D eigenvalue weighted by molar-refractivity contribution is -0.119. The molecular formula is C13H13FN4O5S2. The first-order chi connectivity index (χ1) is 11.7. The number of hydrogen-bond donors (Lipinski definition) is 4. The third kappa shape index (κ3) is 4.49. The molecule has 1 aromatic carbocycles. The minimum Gasteiger partial charge on any atom is -0.476 e.